The molecule has 0 spiro atoms. The zero-order valence-corrected chi connectivity index (χ0v) is 12.9. The molecule has 0 saturated carbocycles. The van der Waals surface area contributed by atoms with Crippen molar-refractivity contribution < 1.29 is 5.11 Å². The van der Waals surface area contributed by atoms with E-state index in [0.29, 0.717) is 6.04 Å². The minimum atomic E-state index is 0.290. The summed E-state index contributed by atoms with van der Waals surface area (Å²) in [6, 6.07) is 11.8. The van der Waals surface area contributed by atoms with E-state index in [4.69, 9.17) is 4.98 Å². The number of hydrogen-bond acceptors (Lipinski definition) is 4. The summed E-state index contributed by atoms with van der Waals surface area (Å²) in [5, 5.41) is 13.0. The molecule has 1 fully saturated rings. The Kier molecular flexibility index (Phi) is 3.71. The number of benzene rings is 1. The first kappa shape index (κ1) is 14.2. The van der Waals surface area contributed by atoms with Crippen molar-refractivity contribution in [1.82, 2.24) is 19.9 Å². The van der Waals surface area contributed by atoms with Crippen LogP contribution in [-0.2, 0) is 13.0 Å². The third-order valence-corrected chi connectivity index (χ3v) is 4.45. The summed E-state index contributed by atoms with van der Waals surface area (Å²) in [7, 11) is 0. The Morgan fingerprint density at radius 1 is 1.22 bits per heavy atom. The third-order valence-electron chi connectivity index (χ3n) is 4.45. The number of phenolic OH excluding ortho intramolecular Hbond substituents is 1. The van der Waals surface area contributed by atoms with Gasteiger partial charge in [0.05, 0.1) is 6.54 Å². The van der Waals surface area contributed by atoms with E-state index in [1.807, 2.05) is 30.5 Å². The smallest absolute Gasteiger partial charge is 0.160 e. The lowest BCUT2D eigenvalue weighted by Crippen LogP contribution is -2.25. The third kappa shape index (κ3) is 2.92. The van der Waals surface area contributed by atoms with Crippen LogP contribution in [0.3, 0.4) is 0 Å². The molecule has 2 aromatic heterocycles. The zero-order valence-electron chi connectivity index (χ0n) is 12.9. The Morgan fingerprint density at radius 2 is 2.09 bits per heavy atom. The molecule has 1 aliphatic heterocycles. The summed E-state index contributed by atoms with van der Waals surface area (Å²) in [5.41, 5.74) is 3.00. The lowest BCUT2D eigenvalue weighted by molar-refractivity contribution is 0.475. The number of pyridine rings is 1. The van der Waals surface area contributed by atoms with Crippen molar-refractivity contribution in [2.45, 2.75) is 31.8 Å². The van der Waals surface area contributed by atoms with E-state index in [2.05, 4.69) is 14.9 Å². The second-order valence-electron chi connectivity index (χ2n) is 6.12. The van der Waals surface area contributed by atoms with Gasteiger partial charge >= 0.3 is 0 Å². The van der Waals surface area contributed by atoms with Gasteiger partial charge in [-0.25, -0.2) is 9.97 Å². The van der Waals surface area contributed by atoms with Gasteiger partial charge in [-0.05, 0) is 49.2 Å². The molecule has 2 N–H and O–H groups in total. The molecule has 1 saturated heterocycles. The number of nitrogens with one attached hydrogen (secondary N) is 1. The van der Waals surface area contributed by atoms with Crippen LogP contribution in [-0.4, -0.2) is 32.2 Å². The van der Waals surface area contributed by atoms with E-state index < -0.39 is 0 Å². The normalized spacial score (nSPS) is 17.8. The fourth-order valence-electron chi connectivity index (χ4n) is 3.26. The summed E-state index contributed by atoms with van der Waals surface area (Å²) >= 11 is 0. The second-order valence-corrected chi connectivity index (χ2v) is 6.12. The Morgan fingerprint density at radius 3 is 2.87 bits per heavy atom. The Bertz CT molecular complexity index is 804. The highest BCUT2D eigenvalue weighted by Gasteiger charge is 2.19. The number of imidazole rings is 1. The van der Waals surface area contributed by atoms with Crippen molar-refractivity contribution >= 4 is 11.2 Å². The molecule has 3 aromatic rings. The molecule has 5 heteroatoms. The number of nitrogens with zero attached hydrogens (tertiary/aromatic N) is 3. The van der Waals surface area contributed by atoms with Crippen molar-refractivity contribution in [2.75, 3.05) is 6.54 Å². The summed E-state index contributed by atoms with van der Waals surface area (Å²) in [5.74, 6) is 1.36. The zero-order chi connectivity index (χ0) is 15.6. The lowest BCUT2D eigenvalue weighted by Gasteiger charge is -2.13. The number of hydrogen-bond donors (Lipinski definition) is 2. The van der Waals surface area contributed by atoms with E-state index >= 15 is 0 Å². The van der Waals surface area contributed by atoms with Crippen molar-refractivity contribution in [3.05, 3.63) is 54.0 Å². The Labute approximate surface area is 135 Å². The van der Waals surface area contributed by atoms with E-state index in [9.17, 15) is 5.11 Å². The maximum absolute atomic E-state index is 9.46. The number of rotatable bonds is 4. The lowest BCUT2D eigenvalue weighted by atomic mass is 10.1. The van der Waals surface area contributed by atoms with Crippen LogP contribution < -0.4 is 5.32 Å². The highest BCUT2D eigenvalue weighted by Crippen LogP contribution is 2.20. The van der Waals surface area contributed by atoms with Crippen LogP contribution in [0.5, 0.6) is 5.75 Å². The molecule has 3 heterocycles. The van der Waals surface area contributed by atoms with Crippen LogP contribution in [0.25, 0.3) is 11.2 Å². The topological polar surface area (TPSA) is 63.0 Å². The van der Waals surface area contributed by atoms with Crippen LogP contribution in [0.15, 0.2) is 42.6 Å². The van der Waals surface area contributed by atoms with E-state index in [-0.39, 0.29) is 5.75 Å². The molecule has 1 atom stereocenters. The SMILES string of the molecule is Oc1ccc(Cn2c(CC3CCCN3)nc3cccnc32)cc1. The molecule has 1 aromatic carbocycles. The van der Waals surface area contributed by atoms with Crippen LogP contribution in [0.2, 0.25) is 0 Å². The Balaban J connectivity index is 1.71. The number of aromatic nitrogens is 3. The highest BCUT2D eigenvalue weighted by molar-refractivity contribution is 5.71. The summed E-state index contributed by atoms with van der Waals surface area (Å²) < 4.78 is 2.20. The molecule has 4 rings (SSSR count). The monoisotopic (exact) mass is 308 g/mol. The molecular weight excluding hydrogens is 288 g/mol. The summed E-state index contributed by atoms with van der Waals surface area (Å²) in [6.45, 7) is 1.82. The Hall–Kier alpha value is -2.40. The minimum Gasteiger partial charge on any atom is -0.508 e. The minimum absolute atomic E-state index is 0.290. The number of aromatic hydroxyl groups is 1. The van der Waals surface area contributed by atoms with Crippen LogP contribution >= 0.6 is 0 Å². The average molecular weight is 308 g/mol. The van der Waals surface area contributed by atoms with Gasteiger partial charge in [0.15, 0.2) is 5.65 Å². The predicted molar refractivity (Wildman–Crippen MR) is 89.5 cm³/mol. The molecule has 0 aliphatic carbocycles. The highest BCUT2D eigenvalue weighted by atomic mass is 16.3. The van der Waals surface area contributed by atoms with E-state index in [1.54, 1.807) is 12.1 Å². The van der Waals surface area contributed by atoms with Crippen molar-refractivity contribution in [1.29, 1.82) is 0 Å². The van der Waals surface area contributed by atoms with Crippen LogP contribution in [0, 0.1) is 0 Å². The second kappa shape index (κ2) is 6.01. The van der Waals surface area contributed by atoms with Gasteiger partial charge in [0.2, 0.25) is 0 Å². The molecule has 0 bridgehead atoms. The summed E-state index contributed by atoms with van der Waals surface area (Å²) in [6.07, 6.45) is 5.18. The maximum Gasteiger partial charge on any atom is 0.160 e. The molecular formula is C18H20N4O. The van der Waals surface area contributed by atoms with Crippen molar-refractivity contribution in [3.8, 4) is 5.75 Å². The van der Waals surface area contributed by atoms with Gasteiger partial charge < -0.3 is 15.0 Å². The van der Waals surface area contributed by atoms with Crippen molar-refractivity contribution in [3.63, 3.8) is 0 Å². The molecule has 5 nitrogen and oxygen atoms in total. The van der Waals surface area contributed by atoms with Crippen LogP contribution in [0.4, 0.5) is 0 Å². The first-order valence-electron chi connectivity index (χ1n) is 8.11. The van der Waals surface area contributed by atoms with Gasteiger partial charge in [0.1, 0.15) is 17.1 Å². The first-order valence-corrected chi connectivity index (χ1v) is 8.11. The molecule has 1 aliphatic rings. The molecule has 118 valence electrons. The van der Waals surface area contributed by atoms with Gasteiger partial charge in [-0.2, -0.15) is 0 Å². The largest absolute Gasteiger partial charge is 0.508 e. The number of fused-ring (bicyclic) bond motifs is 1. The average Bonchev–Trinajstić information content (AvgIpc) is 3.19. The van der Waals surface area contributed by atoms with Gasteiger partial charge in [-0.15, -0.1) is 0 Å². The molecule has 1 unspecified atom stereocenters. The predicted octanol–water partition coefficient (Wildman–Crippen LogP) is 2.48. The van der Waals surface area contributed by atoms with Gasteiger partial charge in [0.25, 0.3) is 0 Å². The van der Waals surface area contributed by atoms with Gasteiger partial charge in [-0.3, -0.25) is 0 Å². The quantitative estimate of drug-likeness (QED) is 0.777. The van der Waals surface area contributed by atoms with Gasteiger partial charge in [0, 0.05) is 18.7 Å². The van der Waals surface area contributed by atoms with E-state index in [1.165, 1.54) is 12.8 Å². The molecule has 0 amide bonds. The molecule has 23 heavy (non-hydrogen) atoms. The maximum atomic E-state index is 9.46. The van der Waals surface area contributed by atoms with Gasteiger partial charge in [-0.1, -0.05) is 12.1 Å². The summed E-state index contributed by atoms with van der Waals surface area (Å²) in [4.78, 5) is 9.32. The van der Waals surface area contributed by atoms with Crippen molar-refractivity contribution in [2.24, 2.45) is 0 Å². The fraction of sp³-hybridized carbons (Fsp3) is 0.333. The number of phenols is 1. The standard InChI is InChI=1S/C18H20N4O/c23-15-7-5-13(6-8-15)12-22-17(11-14-3-1-9-19-14)21-16-4-2-10-20-18(16)22/h2,4-8,10,14,19,23H,1,3,9,11-12H2. The first-order chi connectivity index (χ1) is 11.3. The fourth-order valence-corrected chi connectivity index (χ4v) is 3.26. The van der Waals surface area contributed by atoms with E-state index in [0.717, 1.165) is 42.1 Å². The molecule has 0 radical (unpaired) electrons. The van der Waals surface area contributed by atoms with Crippen LogP contribution in [0.1, 0.15) is 24.2 Å².